The van der Waals surface area contributed by atoms with Crippen molar-refractivity contribution < 1.29 is 9.53 Å². The largest absolute Gasteiger partial charge is 0.383 e. The van der Waals surface area contributed by atoms with Gasteiger partial charge in [-0.3, -0.25) is 9.78 Å². The van der Waals surface area contributed by atoms with Gasteiger partial charge in [0.05, 0.1) is 18.2 Å². The molecule has 0 radical (unpaired) electrons. The minimum Gasteiger partial charge on any atom is -0.383 e. The Bertz CT molecular complexity index is 811. The lowest BCUT2D eigenvalue weighted by Gasteiger charge is -2.28. The predicted octanol–water partition coefficient (Wildman–Crippen LogP) is 4.14. The number of methoxy groups -OCH3 is 1. The summed E-state index contributed by atoms with van der Waals surface area (Å²) < 4.78 is 5.41. The van der Waals surface area contributed by atoms with Gasteiger partial charge in [0.25, 0.3) is 0 Å². The van der Waals surface area contributed by atoms with E-state index >= 15 is 0 Å². The maximum Gasteiger partial charge on any atom is 0.229 e. The van der Waals surface area contributed by atoms with Crippen molar-refractivity contribution >= 4 is 28.2 Å². The zero-order valence-electron chi connectivity index (χ0n) is 16.4. The van der Waals surface area contributed by atoms with Crippen LogP contribution in [0.4, 0.5) is 11.4 Å². The van der Waals surface area contributed by atoms with Crippen molar-refractivity contribution in [3.63, 3.8) is 0 Å². The molecular weight excluding hydrogens is 326 g/mol. The Labute approximate surface area is 155 Å². The highest BCUT2D eigenvalue weighted by atomic mass is 16.5. The van der Waals surface area contributed by atoms with Crippen LogP contribution >= 0.6 is 0 Å². The molecule has 1 saturated heterocycles. The molecule has 2 heterocycles. The number of carbonyl (C=O) groups is 1. The monoisotopic (exact) mass is 355 g/mol. The number of hydrogen-bond acceptors (Lipinski definition) is 4. The van der Waals surface area contributed by atoms with Crippen molar-refractivity contribution in [3.8, 4) is 0 Å². The van der Waals surface area contributed by atoms with Crippen LogP contribution in [0.2, 0.25) is 0 Å². The molecule has 1 unspecified atom stereocenters. The third-order valence-corrected chi connectivity index (χ3v) is 4.90. The summed E-state index contributed by atoms with van der Waals surface area (Å²) in [6, 6.07) is 8.57. The van der Waals surface area contributed by atoms with Crippen LogP contribution < -0.4 is 10.2 Å². The highest BCUT2D eigenvalue weighted by molar-refractivity contribution is 5.99. The molecule has 1 aromatic heterocycles. The fraction of sp³-hybridized carbons (Fsp3) is 0.524. The molecule has 140 valence electrons. The summed E-state index contributed by atoms with van der Waals surface area (Å²) in [5, 5.41) is 4.12. The number of amides is 1. The van der Waals surface area contributed by atoms with Gasteiger partial charge in [-0.15, -0.1) is 0 Å². The Morgan fingerprint density at radius 3 is 2.81 bits per heavy atom. The minimum absolute atomic E-state index is 0.00410. The maximum atomic E-state index is 12.3. The average molecular weight is 355 g/mol. The van der Waals surface area contributed by atoms with Gasteiger partial charge in [-0.1, -0.05) is 20.8 Å². The molecule has 0 saturated carbocycles. The molecule has 5 heteroatoms. The number of hydrogen-bond donors (Lipinski definition) is 1. The van der Waals surface area contributed by atoms with Gasteiger partial charge >= 0.3 is 0 Å². The van der Waals surface area contributed by atoms with E-state index in [1.165, 1.54) is 12.1 Å². The average Bonchev–Trinajstić information content (AvgIpc) is 3.01. The molecule has 1 aromatic carbocycles. The van der Waals surface area contributed by atoms with Crippen LogP contribution in [-0.4, -0.2) is 37.2 Å². The molecule has 0 bridgehead atoms. The number of nitrogens with zero attached hydrogens (tertiary/aromatic N) is 2. The van der Waals surface area contributed by atoms with Crippen LogP contribution in [0.25, 0.3) is 10.9 Å². The summed E-state index contributed by atoms with van der Waals surface area (Å²) in [5.41, 5.74) is 3.46. The Morgan fingerprint density at radius 2 is 2.12 bits per heavy atom. The first-order chi connectivity index (χ1) is 12.3. The van der Waals surface area contributed by atoms with E-state index < -0.39 is 5.41 Å². The molecule has 1 fully saturated rings. The number of fused-ring (bicyclic) bond motifs is 1. The zero-order valence-corrected chi connectivity index (χ0v) is 16.4. The molecule has 2 aromatic rings. The van der Waals surface area contributed by atoms with Gasteiger partial charge in [0.15, 0.2) is 0 Å². The zero-order chi connectivity index (χ0) is 18.9. The van der Waals surface area contributed by atoms with Gasteiger partial charge in [0, 0.05) is 41.5 Å². The number of carbonyl (C=O) groups excluding carboxylic acids is 1. The molecule has 0 spiro atoms. The second kappa shape index (κ2) is 7.23. The first-order valence-electron chi connectivity index (χ1n) is 9.28. The Balaban J connectivity index is 1.97. The predicted molar refractivity (Wildman–Crippen MR) is 107 cm³/mol. The van der Waals surface area contributed by atoms with Gasteiger partial charge in [0.1, 0.15) is 0 Å². The second-order valence-corrected chi connectivity index (χ2v) is 8.16. The number of pyridine rings is 1. The minimum atomic E-state index is -0.428. The van der Waals surface area contributed by atoms with Gasteiger partial charge in [-0.25, -0.2) is 0 Å². The van der Waals surface area contributed by atoms with E-state index in [2.05, 4.69) is 22.3 Å². The van der Waals surface area contributed by atoms with Crippen LogP contribution in [0, 0.1) is 12.3 Å². The molecule has 5 nitrogen and oxygen atoms in total. The summed E-state index contributed by atoms with van der Waals surface area (Å²) in [6.45, 7) is 9.52. The number of ether oxygens (including phenoxy) is 1. The smallest absolute Gasteiger partial charge is 0.229 e. The Hall–Kier alpha value is -2.14. The molecule has 1 aliphatic rings. The van der Waals surface area contributed by atoms with Crippen molar-refractivity contribution in [1.29, 1.82) is 0 Å². The highest BCUT2D eigenvalue weighted by Crippen LogP contribution is 2.33. The number of rotatable bonds is 4. The summed E-state index contributed by atoms with van der Waals surface area (Å²) in [4.78, 5) is 19.4. The summed E-state index contributed by atoms with van der Waals surface area (Å²) in [6.07, 6.45) is 2.33. The van der Waals surface area contributed by atoms with Crippen molar-refractivity contribution in [2.45, 2.75) is 46.6 Å². The Morgan fingerprint density at radius 1 is 1.35 bits per heavy atom. The van der Waals surface area contributed by atoms with Gasteiger partial charge in [0.2, 0.25) is 5.91 Å². The van der Waals surface area contributed by atoms with Gasteiger partial charge in [-0.05, 0) is 44.0 Å². The van der Waals surface area contributed by atoms with Gasteiger partial charge < -0.3 is 15.0 Å². The maximum absolute atomic E-state index is 12.3. The van der Waals surface area contributed by atoms with E-state index in [0.29, 0.717) is 6.04 Å². The van der Waals surface area contributed by atoms with Crippen molar-refractivity contribution in [1.82, 2.24) is 4.98 Å². The number of nitrogens with one attached hydrogen (secondary N) is 1. The molecule has 1 atom stereocenters. The van der Waals surface area contributed by atoms with Crippen LogP contribution in [0.15, 0.2) is 24.3 Å². The Kier molecular flexibility index (Phi) is 5.19. The quantitative estimate of drug-likeness (QED) is 0.895. The fourth-order valence-corrected chi connectivity index (χ4v) is 3.49. The van der Waals surface area contributed by atoms with Crippen molar-refractivity contribution in [2.24, 2.45) is 5.41 Å². The fourth-order valence-electron chi connectivity index (χ4n) is 3.49. The van der Waals surface area contributed by atoms with Gasteiger partial charge in [-0.2, -0.15) is 0 Å². The summed E-state index contributed by atoms with van der Waals surface area (Å²) in [7, 11) is 1.76. The SMILES string of the molecule is COCC1CCCN1c1cc(C)nc2cc(NC(=O)C(C)(C)C)ccc12. The lowest BCUT2D eigenvalue weighted by atomic mass is 9.95. The first kappa shape index (κ1) is 18.6. The number of aromatic nitrogens is 1. The molecule has 1 N–H and O–H groups in total. The van der Waals surface area contributed by atoms with Crippen LogP contribution in [0.3, 0.4) is 0 Å². The molecule has 1 amide bonds. The highest BCUT2D eigenvalue weighted by Gasteiger charge is 2.26. The van der Waals surface area contributed by atoms with Crippen LogP contribution in [0.1, 0.15) is 39.3 Å². The van der Waals surface area contributed by atoms with E-state index in [1.807, 2.05) is 39.8 Å². The van der Waals surface area contributed by atoms with E-state index in [-0.39, 0.29) is 5.91 Å². The van der Waals surface area contributed by atoms with E-state index in [9.17, 15) is 4.79 Å². The van der Waals surface area contributed by atoms with E-state index in [1.54, 1.807) is 7.11 Å². The number of anilines is 2. The first-order valence-corrected chi connectivity index (χ1v) is 9.28. The third kappa shape index (κ3) is 3.83. The normalized spacial score (nSPS) is 17.7. The standard InChI is InChI=1S/C21H29N3O2/c1-14-11-19(24-10-6-7-16(24)13-26-5)17-9-8-15(12-18(17)22-14)23-20(25)21(2,3)4/h8-9,11-12,16H,6-7,10,13H2,1-5H3,(H,23,25). The molecule has 3 rings (SSSR count). The lowest BCUT2D eigenvalue weighted by Crippen LogP contribution is -2.33. The van der Waals surface area contributed by atoms with Crippen LogP contribution in [0.5, 0.6) is 0 Å². The number of aryl methyl sites for hydroxylation is 1. The van der Waals surface area contributed by atoms with Crippen molar-refractivity contribution in [3.05, 3.63) is 30.0 Å². The molecule has 1 aliphatic heterocycles. The summed E-state index contributed by atoms with van der Waals surface area (Å²) in [5.74, 6) is 0.00410. The molecular formula is C21H29N3O2. The topological polar surface area (TPSA) is 54.5 Å². The molecule has 26 heavy (non-hydrogen) atoms. The number of benzene rings is 1. The van der Waals surface area contributed by atoms with Crippen molar-refractivity contribution in [2.75, 3.05) is 30.5 Å². The van der Waals surface area contributed by atoms with E-state index in [4.69, 9.17) is 9.72 Å². The van der Waals surface area contributed by atoms with Crippen LogP contribution in [-0.2, 0) is 9.53 Å². The lowest BCUT2D eigenvalue weighted by molar-refractivity contribution is -0.123. The molecule has 0 aliphatic carbocycles. The second-order valence-electron chi connectivity index (χ2n) is 8.16. The summed E-state index contributed by atoms with van der Waals surface area (Å²) >= 11 is 0. The third-order valence-electron chi connectivity index (χ3n) is 4.90. The van der Waals surface area contributed by atoms with E-state index in [0.717, 1.165) is 41.9 Å².